The molecule has 0 bridgehead atoms. The van der Waals surface area contributed by atoms with Crippen molar-refractivity contribution in [1.82, 2.24) is 0 Å². The van der Waals surface area contributed by atoms with Crippen LogP contribution in [0.1, 0.15) is 81.4 Å². The molecule has 0 saturated heterocycles. The molecule has 2 heteroatoms. The van der Waals surface area contributed by atoms with E-state index in [1.165, 1.54) is 49.9 Å². The second kappa shape index (κ2) is 9.06. The Balaban J connectivity index is 1.41. The first-order valence-corrected chi connectivity index (χ1v) is 13.2. The number of benzene rings is 2. The number of ketones is 1. The van der Waals surface area contributed by atoms with Crippen molar-refractivity contribution in [1.29, 1.82) is 0 Å². The van der Waals surface area contributed by atoms with Gasteiger partial charge in [0.15, 0.2) is 5.78 Å². The van der Waals surface area contributed by atoms with Gasteiger partial charge in [-0.05, 0) is 92.6 Å². The van der Waals surface area contributed by atoms with E-state index in [-0.39, 0.29) is 6.10 Å². The lowest BCUT2D eigenvalue weighted by Crippen LogP contribution is -2.40. The zero-order valence-electron chi connectivity index (χ0n) is 20.0. The van der Waals surface area contributed by atoms with E-state index in [0.29, 0.717) is 11.7 Å². The summed E-state index contributed by atoms with van der Waals surface area (Å²) >= 11 is 0. The van der Waals surface area contributed by atoms with Crippen molar-refractivity contribution in [2.45, 2.75) is 70.3 Å². The van der Waals surface area contributed by atoms with E-state index in [1.54, 1.807) is 5.57 Å². The van der Waals surface area contributed by atoms with Crippen molar-refractivity contribution < 1.29 is 9.53 Å². The second-order valence-electron chi connectivity index (χ2n) is 10.6. The lowest BCUT2D eigenvalue weighted by atomic mass is 9.66. The molecule has 1 heterocycles. The van der Waals surface area contributed by atoms with E-state index in [9.17, 15) is 4.79 Å². The molecule has 2 nitrogen and oxygen atoms in total. The van der Waals surface area contributed by atoms with Gasteiger partial charge in [-0.3, -0.25) is 4.79 Å². The van der Waals surface area contributed by atoms with Crippen LogP contribution in [0.15, 0.2) is 89.2 Å². The van der Waals surface area contributed by atoms with Crippen LogP contribution in [0.25, 0.3) is 6.08 Å². The molecule has 1 spiro atoms. The lowest BCUT2D eigenvalue weighted by molar-refractivity contribution is -0.134. The van der Waals surface area contributed by atoms with Crippen LogP contribution in [-0.2, 0) is 9.53 Å². The molecule has 0 N–H and O–H groups in total. The summed E-state index contributed by atoms with van der Waals surface area (Å²) in [4.78, 5) is 14.1. The van der Waals surface area contributed by atoms with Gasteiger partial charge in [0.05, 0.1) is 5.41 Å². The second-order valence-corrected chi connectivity index (χ2v) is 10.6. The molecule has 0 amide bonds. The van der Waals surface area contributed by atoms with Gasteiger partial charge in [0, 0.05) is 5.92 Å². The summed E-state index contributed by atoms with van der Waals surface area (Å²) in [6, 6.07) is 20.8. The van der Waals surface area contributed by atoms with Gasteiger partial charge in [0.25, 0.3) is 0 Å². The maximum atomic E-state index is 14.1. The van der Waals surface area contributed by atoms with E-state index in [0.717, 1.165) is 42.4 Å². The van der Waals surface area contributed by atoms with Crippen LogP contribution in [0.3, 0.4) is 0 Å². The molecule has 6 rings (SSSR count). The van der Waals surface area contributed by atoms with E-state index in [4.69, 9.17) is 4.74 Å². The molecular formula is C32H34O2. The molecular weight excluding hydrogens is 416 g/mol. The summed E-state index contributed by atoms with van der Waals surface area (Å²) in [6.07, 6.45) is 15.4. The molecule has 3 atom stereocenters. The zero-order valence-corrected chi connectivity index (χ0v) is 20.0. The highest BCUT2D eigenvalue weighted by Gasteiger charge is 2.56. The van der Waals surface area contributed by atoms with Gasteiger partial charge in [0.2, 0.25) is 0 Å². The predicted molar refractivity (Wildman–Crippen MR) is 137 cm³/mol. The number of carbonyl (C=O) groups excluding carboxylic acids is 1. The molecule has 0 aromatic heterocycles. The monoisotopic (exact) mass is 450 g/mol. The summed E-state index contributed by atoms with van der Waals surface area (Å²) in [6.45, 7) is 0. The number of hydrogen-bond donors (Lipinski definition) is 0. The highest BCUT2D eigenvalue weighted by Crippen LogP contribution is 2.59. The summed E-state index contributed by atoms with van der Waals surface area (Å²) in [7, 11) is 0. The maximum absolute atomic E-state index is 14.1. The third-order valence-electron chi connectivity index (χ3n) is 8.51. The van der Waals surface area contributed by atoms with Crippen LogP contribution in [0.5, 0.6) is 0 Å². The fraction of sp³-hybridized carbons (Fsp3) is 0.406. The molecule has 3 aliphatic carbocycles. The first-order valence-electron chi connectivity index (χ1n) is 13.2. The first-order chi connectivity index (χ1) is 16.7. The molecule has 174 valence electrons. The molecule has 1 fully saturated rings. The van der Waals surface area contributed by atoms with E-state index < -0.39 is 5.41 Å². The molecule has 34 heavy (non-hydrogen) atoms. The number of rotatable bonds is 3. The fourth-order valence-corrected chi connectivity index (χ4v) is 6.83. The summed E-state index contributed by atoms with van der Waals surface area (Å²) in [5, 5.41) is 0. The van der Waals surface area contributed by atoms with Gasteiger partial charge < -0.3 is 4.74 Å². The minimum atomic E-state index is -0.483. The number of Topliss-reactive ketones (excluding diaryl/α,β-unsaturated/α-hetero) is 1. The Morgan fingerprint density at radius 2 is 1.68 bits per heavy atom. The van der Waals surface area contributed by atoms with Crippen molar-refractivity contribution in [2.75, 3.05) is 0 Å². The molecule has 3 unspecified atom stereocenters. The van der Waals surface area contributed by atoms with E-state index >= 15 is 0 Å². The Labute approximate surface area is 203 Å². The van der Waals surface area contributed by atoms with Gasteiger partial charge in [-0.15, -0.1) is 0 Å². The third kappa shape index (κ3) is 3.78. The van der Waals surface area contributed by atoms with Crippen LogP contribution in [0.4, 0.5) is 0 Å². The fourth-order valence-electron chi connectivity index (χ4n) is 6.83. The largest absolute Gasteiger partial charge is 0.488 e. The number of hydrogen-bond acceptors (Lipinski definition) is 2. The lowest BCUT2D eigenvalue weighted by Gasteiger charge is -2.46. The van der Waals surface area contributed by atoms with Crippen LogP contribution < -0.4 is 0 Å². The predicted octanol–water partition coefficient (Wildman–Crippen LogP) is 8.14. The average molecular weight is 451 g/mol. The molecule has 0 radical (unpaired) electrons. The average Bonchev–Trinajstić information content (AvgIpc) is 3.19. The van der Waals surface area contributed by atoms with Crippen LogP contribution in [0.2, 0.25) is 0 Å². The number of ether oxygens (including phenoxy) is 1. The van der Waals surface area contributed by atoms with E-state index in [2.05, 4.69) is 54.6 Å². The van der Waals surface area contributed by atoms with Crippen LogP contribution in [0, 0.1) is 11.3 Å². The van der Waals surface area contributed by atoms with Gasteiger partial charge >= 0.3 is 0 Å². The van der Waals surface area contributed by atoms with Gasteiger partial charge in [0.1, 0.15) is 11.9 Å². The standard InChI is InChI=1S/C32H34O2/c33-30-26(21-23-11-4-1-5-12-23)19-20-32(30)22-27-17-10-18-28(24-13-6-2-7-14-24)29(27)34-31(32)25-15-8-3-9-16-25/h1,3-5,8-9,11-13,15-16,21,28,31H,2,6-7,10,14,17-20,22H2/b26-21+. The van der Waals surface area contributed by atoms with Crippen LogP contribution in [-0.4, -0.2) is 5.78 Å². The topological polar surface area (TPSA) is 26.3 Å². The number of allylic oxidation sites excluding steroid dienone is 4. The molecule has 2 aromatic carbocycles. The zero-order chi connectivity index (χ0) is 23.0. The van der Waals surface area contributed by atoms with Gasteiger partial charge in [-0.25, -0.2) is 0 Å². The Hall–Kier alpha value is -2.87. The summed E-state index contributed by atoms with van der Waals surface area (Å²) < 4.78 is 7.04. The Morgan fingerprint density at radius 1 is 0.882 bits per heavy atom. The van der Waals surface area contributed by atoms with Gasteiger partial charge in [-0.1, -0.05) is 72.3 Å². The molecule has 2 aromatic rings. The Kier molecular flexibility index (Phi) is 5.77. The molecule has 1 aliphatic heterocycles. The third-order valence-corrected chi connectivity index (χ3v) is 8.51. The first kappa shape index (κ1) is 21.6. The van der Waals surface area contributed by atoms with Gasteiger partial charge in [-0.2, -0.15) is 0 Å². The SMILES string of the molecule is O=C1/C(=C/c2ccccc2)CCC12CC1=C(OC2c2ccccc2)C(C2=CCCCC2)CCC1. The van der Waals surface area contributed by atoms with Crippen molar-refractivity contribution >= 4 is 11.9 Å². The highest BCUT2D eigenvalue weighted by molar-refractivity contribution is 6.06. The van der Waals surface area contributed by atoms with Crippen molar-refractivity contribution in [3.8, 4) is 0 Å². The van der Waals surface area contributed by atoms with Crippen molar-refractivity contribution in [3.63, 3.8) is 0 Å². The minimum absolute atomic E-state index is 0.202. The summed E-state index contributed by atoms with van der Waals surface area (Å²) in [5.74, 6) is 1.94. The maximum Gasteiger partial charge on any atom is 0.169 e. The normalized spacial score (nSPS) is 30.3. The Bertz CT molecular complexity index is 1150. The van der Waals surface area contributed by atoms with Crippen molar-refractivity contribution in [2.24, 2.45) is 11.3 Å². The summed E-state index contributed by atoms with van der Waals surface area (Å²) in [5.41, 5.74) is 5.74. The molecule has 1 saturated carbocycles. The van der Waals surface area contributed by atoms with Crippen molar-refractivity contribution in [3.05, 3.63) is 100 Å². The quantitative estimate of drug-likeness (QED) is 0.348. The van der Waals surface area contributed by atoms with E-state index in [1.807, 2.05) is 18.2 Å². The smallest absolute Gasteiger partial charge is 0.169 e. The number of carbonyl (C=O) groups is 1. The van der Waals surface area contributed by atoms with Crippen LogP contribution >= 0.6 is 0 Å². The Morgan fingerprint density at radius 3 is 2.44 bits per heavy atom. The minimum Gasteiger partial charge on any atom is -0.488 e. The highest BCUT2D eigenvalue weighted by atomic mass is 16.5. The molecule has 4 aliphatic rings.